The predicted molar refractivity (Wildman–Crippen MR) is 112 cm³/mol. The van der Waals surface area contributed by atoms with E-state index in [-0.39, 0.29) is 34.6 Å². The van der Waals surface area contributed by atoms with E-state index in [1.807, 2.05) is 26.8 Å². The van der Waals surface area contributed by atoms with Gasteiger partial charge in [-0.05, 0) is 51.7 Å². The summed E-state index contributed by atoms with van der Waals surface area (Å²) in [6.07, 6.45) is 6.54. The zero-order chi connectivity index (χ0) is 21.3. The molecule has 1 aromatic carbocycles. The standard InChI is InChI=1S/C24H30N2O4/c1-13(25)26-10-9-23-18-14-5-6-15(27)19(18)30-20(23)24(29-4)8-7-22(23,17(26)11-14)12-16(24)21(2,3)28/h5-8,16-17,20,25,27-28H,9-12H2,1-4H3/t16?,17-,20-,22?,23+,24-/m1/s1. The van der Waals surface area contributed by atoms with Gasteiger partial charge in [0.2, 0.25) is 0 Å². The van der Waals surface area contributed by atoms with Crippen molar-refractivity contribution in [3.8, 4) is 11.5 Å². The first-order valence-corrected chi connectivity index (χ1v) is 10.9. The number of nitrogens with zero attached hydrogens (tertiary/aromatic N) is 1. The smallest absolute Gasteiger partial charge is 0.165 e. The quantitative estimate of drug-likeness (QED) is 0.397. The monoisotopic (exact) mass is 410 g/mol. The van der Waals surface area contributed by atoms with Gasteiger partial charge in [-0.2, -0.15) is 0 Å². The number of piperidine rings is 1. The molecule has 7 rings (SSSR count). The molecule has 1 saturated carbocycles. The summed E-state index contributed by atoms with van der Waals surface area (Å²) in [7, 11) is 1.71. The van der Waals surface area contributed by atoms with Crippen molar-refractivity contribution in [2.24, 2.45) is 11.3 Å². The van der Waals surface area contributed by atoms with Gasteiger partial charge in [-0.25, -0.2) is 0 Å². The van der Waals surface area contributed by atoms with Crippen molar-refractivity contribution in [3.05, 3.63) is 35.4 Å². The number of methoxy groups -OCH3 is 1. The number of nitrogens with one attached hydrogen (secondary N) is 1. The van der Waals surface area contributed by atoms with Crippen molar-refractivity contribution in [2.75, 3.05) is 13.7 Å². The van der Waals surface area contributed by atoms with Crippen molar-refractivity contribution in [1.82, 2.24) is 4.90 Å². The van der Waals surface area contributed by atoms with E-state index in [0.29, 0.717) is 11.6 Å². The van der Waals surface area contributed by atoms with Gasteiger partial charge in [0, 0.05) is 36.6 Å². The second-order valence-corrected chi connectivity index (χ2v) is 10.5. The molecule has 6 atom stereocenters. The summed E-state index contributed by atoms with van der Waals surface area (Å²) < 4.78 is 12.9. The third-order valence-corrected chi connectivity index (χ3v) is 9.09. The highest BCUT2D eigenvalue weighted by Gasteiger charge is 2.80. The summed E-state index contributed by atoms with van der Waals surface area (Å²) in [6.45, 7) is 6.38. The summed E-state index contributed by atoms with van der Waals surface area (Å²) >= 11 is 0. The Balaban J connectivity index is 1.70. The zero-order valence-electron chi connectivity index (χ0n) is 18.0. The lowest BCUT2D eigenvalue weighted by atomic mass is 9.36. The van der Waals surface area contributed by atoms with Gasteiger partial charge in [0.15, 0.2) is 11.5 Å². The molecule has 0 radical (unpaired) electrons. The van der Waals surface area contributed by atoms with Crippen molar-refractivity contribution >= 4 is 5.84 Å². The molecule has 2 unspecified atom stereocenters. The number of benzene rings is 1. The molecule has 2 fully saturated rings. The Kier molecular flexibility index (Phi) is 3.25. The molecule has 2 aliphatic heterocycles. The molecule has 3 N–H and O–H groups in total. The molecule has 6 nitrogen and oxygen atoms in total. The number of phenolic OH excluding ortho intramolecular Hbond substituents is 1. The predicted octanol–water partition coefficient (Wildman–Crippen LogP) is 2.75. The van der Waals surface area contributed by atoms with E-state index in [2.05, 4.69) is 17.1 Å². The number of amidine groups is 1. The number of hydrogen-bond donors (Lipinski definition) is 3. The van der Waals surface area contributed by atoms with Gasteiger partial charge in [0.25, 0.3) is 0 Å². The minimum atomic E-state index is -0.964. The Morgan fingerprint density at radius 2 is 2.10 bits per heavy atom. The molecule has 160 valence electrons. The number of hydrogen-bond acceptors (Lipinski definition) is 5. The fraction of sp³-hybridized carbons (Fsp3) is 0.625. The van der Waals surface area contributed by atoms with Crippen LogP contribution in [-0.2, 0) is 16.6 Å². The van der Waals surface area contributed by atoms with E-state index in [0.717, 1.165) is 31.4 Å². The third-order valence-electron chi connectivity index (χ3n) is 9.09. The SMILES string of the molecule is CO[C@]12C=CC3(CC1C(C)(C)O)[C@H]1Cc4ccc(O)c5c4[C@@]3(CCN1C(C)=N)[C@H]2O5. The number of fused-ring (bicyclic) bond motifs is 1. The van der Waals surface area contributed by atoms with E-state index in [1.165, 1.54) is 5.56 Å². The fourth-order valence-corrected chi connectivity index (χ4v) is 8.04. The van der Waals surface area contributed by atoms with Crippen molar-refractivity contribution in [2.45, 2.75) is 68.8 Å². The highest BCUT2D eigenvalue weighted by molar-refractivity contribution is 5.78. The molecule has 4 bridgehead atoms. The first-order chi connectivity index (χ1) is 14.1. The van der Waals surface area contributed by atoms with Crippen LogP contribution in [0.1, 0.15) is 44.7 Å². The van der Waals surface area contributed by atoms with E-state index >= 15 is 0 Å². The van der Waals surface area contributed by atoms with Gasteiger partial charge in [-0.1, -0.05) is 18.2 Å². The van der Waals surface area contributed by atoms with Gasteiger partial charge in [0.1, 0.15) is 11.7 Å². The van der Waals surface area contributed by atoms with E-state index in [1.54, 1.807) is 13.2 Å². The first kappa shape index (κ1) is 18.7. The Hall–Kier alpha value is -2.05. The minimum Gasteiger partial charge on any atom is -0.504 e. The van der Waals surface area contributed by atoms with Crippen molar-refractivity contribution in [1.29, 1.82) is 5.41 Å². The summed E-state index contributed by atoms with van der Waals surface area (Å²) in [6, 6.07) is 3.89. The lowest BCUT2D eigenvalue weighted by Crippen LogP contribution is -2.80. The van der Waals surface area contributed by atoms with E-state index < -0.39 is 11.2 Å². The summed E-state index contributed by atoms with van der Waals surface area (Å²) in [5, 5.41) is 30.5. The number of likely N-dealkylation sites (tertiary alicyclic amines) is 1. The van der Waals surface area contributed by atoms with Crippen LogP contribution in [0, 0.1) is 16.7 Å². The average molecular weight is 411 g/mol. The second-order valence-electron chi connectivity index (χ2n) is 10.5. The van der Waals surface area contributed by atoms with Crippen LogP contribution in [0.15, 0.2) is 24.3 Å². The van der Waals surface area contributed by atoms with Crippen LogP contribution in [0.5, 0.6) is 11.5 Å². The van der Waals surface area contributed by atoms with Crippen LogP contribution in [0.2, 0.25) is 0 Å². The Bertz CT molecular complexity index is 1010. The number of phenols is 1. The first-order valence-electron chi connectivity index (χ1n) is 10.9. The van der Waals surface area contributed by atoms with Gasteiger partial charge in [-0.15, -0.1) is 0 Å². The molecular formula is C24H30N2O4. The highest BCUT2D eigenvalue weighted by Crippen LogP contribution is 2.75. The minimum absolute atomic E-state index is 0.120. The van der Waals surface area contributed by atoms with E-state index in [4.69, 9.17) is 14.9 Å². The molecule has 1 aromatic rings. The largest absolute Gasteiger partial charge is 0.504 e. The number of aromatic hydroxyl groups is 1. The number of aliphatic hydroxyl groups is 1. The Labute approximate surface area is 177 Å². The Morgan fingerprint density at radius 3 is 2.77 bits per heavy atom. The second kappa shape index (κ2) is 5.22. The molecule has 2 spiro atoms. The van der Waals surface area contributed by atoms with Crippen molar-refractivity contribution < 1.29 is 19.7 Å². The molecule has 6 heteroatoms. The van der Waals surface area contributed by atoms with Gasteiger partial charge < -0.3 is 24.6 Å². The van der Waals surface area contributed by atoms with Crippen LogP contribution >= 0.6 is 0 Å². The lowest BCUT2D eigenvalue weighted by Gasteiger charge is -2.72. The molecule has 30 heavy (non-hydrogen) atoms. The average Bonchev–Trinajstić information content (AvgIpc) is 3.05. The van der Waals surface area contributed by atoms with Crippen LogP contribution in [0.3, 0.4) is 0 Å². The van der Waals surface area contributed by atoms with Gasteiger partial charge in [-0.3, -0.25) is 5.41 Å². The Morgan fingerprint density at radius 1 is 1.33 bits per heavy atom. The molecule has 2 heterocycles. The van der Waals surface area contributed by atoms with Crippen LogP contribution in [0.4, 0.5) is 0 Å². The summed E-state index contributed by atoms with van der Waals surface area (Å²) in [4.78, 5) is 2.24. The van der Waals surface area contributed by atoms with Gasteiger partial charge >= 0.3 is 0 Å². The van der Waals surface area contributed by atoms with Crippen LogP contribution in [0.25, 0.3) is 0 Å². The van der Waals surface area contributed by atoms with E-state index in [9.17, 15) is 10.2 Å². The van der Waals surface area contributed by atoms with Crippen molar-refractivity contribution in [3.63, 3.8) is 0 Å². The third kappa shape index (κ3) is 1.72. The lowest BCUT2D eigenvalue weighted by molar-refractivity contribution is -0.241. The fourth-order valence-electron chi connectivity index (χ4n) is 8.04. The maximum Gasteiger partial charge on any atom is 0.165 e. The highest BCUT2D eigenvalue weighted by atomic mass is 16.6. The summed E-state index contributed by atoms with van der Waals surface area (Å²) in [5.74, 6) is 1.21. The van der Waals surface area contributed by atoms with Gasteiger partial charge in [0.05, 0.1) is 16.9 Å². The maximum atomic E-state index is 11.2. The maximum absolute atomic E-state index is 11.2. The molecular weight excluding hydrogens is 380 g/mol. The normalized spacial score (nSPS) is 42.2. The molecule has 0 aromatic heterocycles. The molecule has 1 saturated heterocycles. The number of rotatable bonds is 2. The molecule has 4 aliphatic carbocycles. The topological polar surface area (TPSA) is 86.0 Å². The van der Waals surface area contributed by atoms with Crippen LogP contribution < -0.4 is 4.74 Å². The summed E-state index contributed by atoms with van der Waals surface area (Å²) in [5.41, 5.74) is 0.0127. The zero-order valence-corrected chi connectivity index (χ0v) is 18.0. The number of ether oxygens (including phenoxy) is 2. The molecule has 0 amide bonds. The van der Waals surface area contributed by atoms with Crippen LogP contribution in [-0.4, -0.2) is 58.0 Å². The molecule has 6 aliphatic rings.